The van der Waals surface area contributed by atoms with Crippen molar-refractivity contribution in [1.82, 2.24) is 4.90 Å². The topological polar surface area (TPSA) is 43.7 Å². The van der Waals surface area contributed by atoms with E-state index in [1.165, 1.54) is 12.8 Å². The first-order valence-electron chi connectivity index (χ1n) is 6.43. The van der Waals surface area contributed by atoms with Crippen LogP contribution < -0.4 is 0 Å². The number of para-hydroxylation sites is 1. The molecule has 3 heteroatoms. The third kappa shape index (κ3) is 3.20. The summed E-state index contributed by atoms with van der Waals surface area (Å²) in [7, 11) is 0. The number of hydrogen-bond acceptors (Lipinski definition) is 3. The third-order valence-corrected chi connectivity index (χ3v) is 3.56. The number of likely N-dealkylation sites (tertiary alicyclic amines) is 1. The average Bonchev–Trinajstić information content (AvgIpc) is 2.77. The number of aromatic hydroxyl groups is 1. The minimum absolute atomic E-state index is 0.279. The summed E-state index contributed by atoms with van der Waals surface area (Å²) in [6.07, 6.45) is 4.38. The molecule has 1 heterocycles. The van der Waals surface area contributed by atoms with Crippen molar-refractivity contribution in [3.8, 4) is 5.75 Å². The van der Waals surface area contributed by atoms with Crippen LogP contribution in [0.4, 0.5) is 0 Å². The van der Waals surface area contributed by atoms with E-state index in [0.29, 0.717) is 11.8 Å². The van der Waals surface area contributed by atoms with Gasteiger partial charge in [-0.3, -0.25) is 4.90 Å². The highest BCUT2D eigenvalue weighted by Gasteiger charge is 2.24. The normalized spacial score (nSPS) is 20.9. The van der Waals surface area contributed by atoms with Crippen molar-refractivity contribution in [3.05, 3.63) is 29.8 Å². The number of phenols is 1. The molecule has 0 aliphatic carbocycles. The van der Waals surface area contributed by atoms with Crippen molar-refractivity contribution >= 4 is 0 Å². The first kappa shape index (κ1) is 12.4. The Kier molecular flexibility index (Phi) is 4.40. The van der Waals surface area contributed by atoms with Crippen molar-refractivity contribution in [2.24, 2.45) is 0 Å². The lowest BCUT2D eigenvalue weighted by atomic mass is 10.1. The molecule has 94 valence electrons. The van der Waals surface area contributed by atoms with Gasteiger partial charge in [-0.15, -0.1) is 0 Å². The maximum Gasteiger partial charge on any atom is 0.120 e. The van der Waals surface area contributed by atoms with Crippen LogP contribution in [0, 0.1) is 0 Å². The average molecular weight is 235 g/mol. The predicted octanol–water partition coefficient (Wildman–Crippen LogP) is 2.13. The van der Waals surface area contributed by atoms with E-state index in [0.717, 1.165) is 31.5 Å². The van der Waals surface area contributed by atoms with E-state index in [4.69, 9.17) is 5.11 Å². The van der Waals surface area contributed by atoms with E-state index >= 15 is 0 Å². The number of aliphatic hydroxyl groups excluding tert-OH is 1. The van der Waals surface area contributed by atoms with Crippen LogP contribution in [0.2, 0.25) is 0 Å². The molecule has 1 aromatic rings. The third-order valence-electron chi connectivity index (χ3n) is 3.56. The largest absolute Gasteiger partial charge is 0.508 e. The molecule has 17 heavy (non-hydrogen) atoms. The van der Waals surface area contributed by atoms with Crippen LogP contribution in [-0.2, 0) is 6.54 Å². The highest BCUT2D eigenvalue weighted by molar-refractivity contribution is 5.31. The lowest BCUT2D eigenvalue weighted by Gasteiger charge is -2.24. The second-order valence-corrected chi connectivity index (χ2v) is 4.76. The molecule has 0 aromatic heterocycles. The van der Waals surface area contributed by atoms with Crippen LogP contribution in [0.15, 0.2) is 24.3 Å². The number of benzene rings is 1. The van der Waals surface area contributed by atoms with Gasteiger partial charge in [0.25, 0.3) is 0 Å². The first-order valence-corrected chi connectivity index (χ1v) is 6.43. The zero-order valence-corrected chi connectivity index (χ0v) is 10.2. The van der Waals surface area contributed by atoms with Crippen LogP contribution in [0.3, 0.4) is 0 Å². The van der Waals surface area contributed by atoms with Crippen molar-refractivity contribution in [3.63, 3.8) is 0 Å². The monoisotopic (exact) mass is 235 g/mol. The van der Waals surface area contributed by atoms with E-state index in [2.05, 4.69) is 4.90 Å². The van der Waals surface area contributed by atoms with Gasteiger partial charge in [-0.05, 0) is 38.3 Å². The molecule has 3 nitrogen and oxygen atoms in total. The molecular weight excluding hydrogens is 214 g/mol. The molecule has 2 rings (SSSR count). The van der Waals surface area contributed by atoms with E-state index in [1.54, 1.807) is 6.07 Å². The van der Waals surface area contributed by atoms with E-state index < -0.39 is 0 Å². The quantitative estimate of drug-likeness (QED) is 0.821. The Morgan fingerprint density at radius 3 is 2.88 bits per heavy atom. The number of phenolic OH excluding ortho intramolecular Hbond substituents is 1. The lowest BCUT2D eigenvalue weighted by Crippen LogP contribution is -2.29. The first-order chi connectivity index (χ1) is 8.31. The molecule has 0 amide bonds. The molecule has 1 atom stereocenters. The highest BCUT2D eigenvalue weighted by atomic mass is 16.3. The Labute approximate surface area is 103 Å². The SMILES string of the molecule is OCCCC1CCCN1Cc1ccccc1O. The van der Waals surface area contributed by atoms with Gasteiger partial charge in [-0.2, -0.15) is 0 Å². The van der Waals surface area contributed by atoms with Gasteiger partial charge in [0.15, 0.2) is 0 Å². The molecule has 1 saturated heterocycles. The van der Waals surface area contributed by atoms with Gasteiger partial charge in [0, 0.05) is 24.8 Å². The molecule has 1 aliphatic heterocycles. The van der Waals surface area contributed by atoms with E-state index in [1.807, 2.05) is 18.2 Å². The van der Waals surface area contributed by atoms with Crippen LogP contribution in [0.1, 0.15) is 31.2 Å². The van der Waals surface area contributed by atoms with Gasteiger partial charge in [-0.1, -0.05) is 18.2 Å². The predicted molar refractivity (Wildman–Crippen MR) is 67.9 cm³/mol. The van der Waals surface area contributed by atoms with Gasteiger partial charge in [0.1, 0.15) is 5.75 Å². The Bertz CT molecular complexity index is 354. The Morgan fingerprint density at radius 2 is 2.12 bits per heavy atom. The Morgan fingerprint density at radius 1 is 1.29 bits per heavy atom. The van der Waals surface area contributed by atoms with Crippen LogP contribution in [-0.4, -0.2) is 34.3 Å². The molecule has 2 N–H and O–H groups in total. The van der Waals surface area contributed by atoms with Crippen molar-refractivity contribution in [2.75, 3.05) is 13.2 Å². The van der Waals surface area contributed by atoms with E-state index in [9.17, 15) is 5.11 Å². The molecule has 1 aliphatic rings. The fourth-order valence-electron chi connectivity index (χ4n) is 2.62. The molecule has 0 saturated carbocycles. The maximum atomic E-state index is 9.77. The molecular formula is C14H21NO2. The number of hydrogen-bond donors (Lipinski definition) is 2. The summed E-state index contributed by atoms with van der Waals surface area (Å²) in [6, 6.07) is 8.12. The molecule has 0 radical (unpaired) electrons. The van der Waals surface area contributed by atoms with Crippen LogP contribution in [0.25, 0.3) is 0 Å². The number of rotatable bonds is 5. The summed E-state index contributed by atoms with van der Waals surface area (Å²) in [5.74, 6) is 0.389. The second kappa shape index (κ2) is 6.03. The molecule has 1 aromatic carbocycles. The van der Waals surface area contributed by atoms with Crippen molar-refractivity contribution < 1.29 is 10.2 Å². The van der Waals surface area contributed by atoms with Gasteiger partial charge in [0.05, 0.1) is 0 Å². The minimum Gasteiger partial charge on any atom is -0.508 e. The fourth-order valence-corrected chi connectivity index (χ4v) is 2.62. The smallest absolute Gasteiger partial charge is 0.120 e. The molecule has 0 spiro atoms. The lowest BCUT2D eigenvalue weighted by molar-refractivity contribution is 0.208. The summed E-state index contributed by atoms with van der Waals surface area (Å²) >= 11 is 0. The molecule has 1 unspecified atom stereocenters. The molecule has 1 fully saturated rings. The minimum atomic E-state index is 0.279. The van der Waals surface area contributed by atoms with Crippen molar-refractivity contribution in [2.45, 2.75) is 38.3 Å². The zero-order chi connectivity index (χ0) is 12.1. The standard InChI is InChI=1S/C14H21NO2/c16-10-4-7-13-6-3-9-15(13)11-12-5-1-2-8-14(12)17/h1-2,5,8,13,16-17H,3-4,6-7,9-11H2. The number of nitrogens with zero attached hydrogens (tertiary/aromatic N) is 1. The summed E-state index contributed by atoms with van der Waals surface area (Å²) in [6.45, 7) is 2.20. The fraction of sp³-hybridized carbons (Fsp3) is 0.571. The zero-order valence-electron chi connectivity index (χ0n) is 10.2. The van der Waals surface area contributed by atoms with E-state index in [-0.39, 0.29) is 6.61 Å². The summed E-state index contributed by atoms with van der Waals surface area (Å²) in [5.41, 5.74) is 1.00. The Hall–Kier alpha value is -1.06. The summed E-state index contributed by atoms with van der Waals surface area (Å²) in [5, 5.41) is 18.7. The molecule has 0 bridgehead atoms. The van der Waals surface area contributed by atoms with Gasteiger partial charge >= 0.3 is 0 Å². The summed E-state index contributed by atoms with van der Waals surface area (Å²) < 4.78 is 0. The van der Waals surface area contributed by atoms with Gasteiger partial charge < -0.3 is 10.2 Å². The van der Waals surface area contributed by atoms with Crippen LogP contribution in [0.5, 0.6) is 5.75 Å². The maximum absolute atomic E-state index is 9.77. The second-order valence-electron chi connectivity index (χ2n) is 4.76. The van der Waals surface area contributed by atoms with Gasteiger partial charge in [-0.25, -0.2) is 0 Å². The summed E-state index contributed by atoms with van der Waals surface area (Å²) in [4.78, 5) is 2.42. The highest BCUT2D eigenvalue weighted by Crippen LogP contribution is 2.26. The van der Waals surface area contributed by atoms with Crippen molar-refractivity contribution in [1.29, 1.82) is 0 Å². The Balaban J connectivity index is 1.95. The van der Waals surface area contributed by atoms with Crippen LogP contribution >= 0.6 is 0 Å². The van der Waals surface area contributed by atoms with Gasteiger partial charge in [0.2, 0.25) is 0 Å². The number of aliphatic hydroxyl groups is 1.